The maximum atomic E-state index is 13.0. The van der Waals surface area contributed by atoms with E-state index in [1.165, 1.54) is 49.3 Å². The number of aromatic nitrogens is 1. The van der Waals surface area contributed by atoms with Gasteiger partial charge in [-0.2, -0.15) is 0 Å². The highest BCUT2D eigenvalue weighted by atomic mass is 19.4. The summed E-state index contributed by atoms with van der Waals surface area (Å²) in [5.41, 5.74) is 4.66. The largest absolute Gasteiger partial charge is 0.573 e. The molecule has 11 heteroatoms. The highest BCUT2D eigenvalue weighted by Crippen LogP contribution is 2.34. The number of benzene rings is 1. The fourth-order valence-corrected chi connectivity index (χ4v) is 3.08. The van der Waals surface area contributed by atoms with Crippen molar-refractivity contribution in [2.45, 2.75) is 32.3 Å². The Morgan fingerprint density at radius 2 is 1.80 bits per heavy atom. The Morgan fingerprint density at radius 1 is 1.17 bits per heavy atom. The number of amides is 4. The van der Waals surface area contributed by atoms with Crippen LogP contribution in [-0.4, -0.2) is 39.6 Å². The summed E-state index contributed by atoms with van der Waals surface area (Å²) in [6.45, 7) is 2.96. The maximum Gasteiger partial charge on any atom is 0.573 e. The van der Waals surface area contributed by atoms with Gasteiger partial charge < -0.3 is 15.4 Å². The second kappa shape index (κ2) is 7.32. The van der Waals surface area contributed by atoms with Gasteiger partial charge in [0.1, 0.15) is 11.3 Å². The van der Waals surface area contributed by atoms with Crippen molar-refractivity contribution < 1.29 is 32.3 Å². The van der Waals surface area contributed by atoms with E-state index in [-0.39, 0.29) is 17.8 Å². The second-order valence-electron chi connectivity index (χ2n) is 7.01. The summed E-state index contributed by atoms with van der Waals surface area (Å²) in [7, 11) is 0. The number of urea groups is 1. The Bertz CT molecular complexity index is 1010. The average molecular weight is 422 g/mol. The lowest BCUT2D eigenvalue weighted by Crippen LogP contribution is -2.44. The van der Waals surface area contributed by atoms with Crippen molar-refractivity contribution in [1.29, 1.82) is 0 Å². The number of rotatable bonds is 5. The number of hydrogen-bond donors (Lipinski definition) is 1. The third kappa shape index (κ3) is 3.91. The number of primary amides is 1. The van der Waals surface area contributed by atoms with Crippen LogP contribution in [0.4, 0.5) is 23.7 Å². The molecule has 1 aromatic carbocycles. The Labute approximate surface area is 169 Å². The first-order valence-electron chi connectivity index (χ1n) is 8.66. The fraction of sp³-hybridized carbons (Fsp3) is 0.263. The van der Waals surface area contributed by atoms with Gasteiger partial charge in [0, 0.05) is 18.9 Å². The smallest absolute Gasteiger partial charge is 0.406 e. The third-order valence-corrected chi connectivity index (χ3v) is 4.66. The standard InChI is InChI=1S/C19H17F3N4O4/c1-18(2)16(28)26(12-3-5-13(6-4-12)30-19(20,21)22)17(29)25(18)10-11-7-8-24-9-14(11)15(23)27/h3-9H,10H2,1-2H3,(H2,23,27). The van der Waals surface area contributed by atoms with Crippen LogP contribution in [-0.2, 0) is 11.3 Å². The van der Waals surface area contributed by atoms with Gasteiger partial charge in [0.2, 0.25) is 0 Å². The van der Waals surface area contributed by atoms with Crippen molar-refractivity contribution in [2.75, 3.05) is 4.90 Å². The minimum absolute atomic E-state index is 0.0833. The zero-order valence-corrected chi connectivity index (χ0v) is 15.9. The molecule has 158 valence electrons. The van der Waals surface area contributed by atoms with E-state index in [0.29, 0.717) is 5.56 Å². The van der Waals surface area contributed by atoms with Gasteiger partial charge >= 0.3 is 12.4 Å². The lowest BCUT2D eigenvalue weighted by atomic mass is 10.0. The van der Waals surface area contributed by atoms with Crippen LogP contribution in [0.2, 0.25) is 0 Å². The monoisotopic (exact) mass is 422 g/mol. The molecule has 0 atom stereocenters. The number of nitrogens with two attached hydrogens (primary N) is 1. The van der Waals surface area contributed by atoms with E-state index < -0.39 is 35.5 Å². The quantitative estimate of drug-likeness (QED) is 0.746. The van der Waals surface area contributed by atoms with Crippen LogP contribution in [0.1, 0.15) is 29.8 Å². The number of ether oxygens (including phenoxy) is 1. The number of halogens is 3. The van der Waals surface area contributed by atoms with Crippen molar-refractivity contribution >= 4 is 23.5 Å². The molecule has 0 radical (unpaired) electrons. The van der Waals surface area contributed by atoms with Crippen LogP contribution < -0.4 is 15.4 Å². The van der Waals surface area contributed by atoms with E-state index in [1.807, 2.05) is 0 Å². The molecule has 0 saturated carbocycles. The van der Waals surface area contributed by atoms with E-state index in [2.05, 4.69) is 9.72 Å². The first-order chi connectivity index (χ1) is 13.9. The number of carbonyl (C=O) groups is 3. The summed E-state index contributed by atoms with van der Waals surface area (Å²) in [6, 6.07) is 5.19. The first kappa shape index (κ1) is 21.1. The zero-order valence-electron chi connectivity index (χ0n) is 15.9. The molecule has 1 fully saturated rings. The average Bonchev–Trinajstić information content (AvgIpc) is 2.81. The number of hydrogen-bond acceptors (Lipinski definition) is 5. The number of pyridine rings is 1. The van der Waals surface area contributed by atoms with Crippen LogP contribution in [0.5, 0.6) is 5.75 Å². The second-order valence-corrected chi connectivity index (χ2v) is 7.01. The predicted molar refractivity (Wildman–Crippen MR) is 98.4 cm³/mol. The van der Waals surface area contributed by atoms with E-state index in [4.69, 9.17) is 5.73 Å². The molecule has 4 amide bonds. The van der Waals surface area contributed by atoms with Crippen LogP contribution in [0, 0.1) is 0 Å². The number of carbonyl (C=O) groups excluding carboxylic acids is 3. The van der Waals surface area contributed by atoms with Crippen molar-refractivity contribution in [3.8, 4) is 5.75 Å². The van der Waals surface area contributed by atoms with Gasteiger partial charge in [-0.1, -0.05) is 0 Å². The van der Waals surface area contributed by atoms with Crippen LogP contribution in [0.15, 0.2) is 42.7 Å². The molecule has 2 heterocycles. The summed E-state index contributed by atoms with van der Waals surface area (Å²) in [6.07, 6.45) is -2.17. The van der Waals surface area contributed by atoms with E-state index in [0.717, 1.165) is 17.0 Å². The molecule has 1 saturated heterocycles. The molecule has 0 unspecified atom stereocenters. The highest BCUT2D eigenvalue weighted by molar-refractivity contribution is 6.23. The van der Waals surface area contributed by atoms with Crippen LogP contribution in [0.3, 0.4) is 0 Å². The summed E-state index contributed by atoms with van der Waals surface area (Å²) in [5, 5.41) is 0. The van der Waals surface area contributed by atoms with Crippen molar-refractivity contribution in [2.24, 2.45) is 5.73 Å². The Hall–Kier alpha value is -3.63. The molecule has 2 aromatic rings. The molecule has 0 bridgehead atoms. The van der Waals surface area contributed by atoms with Gasteiger partial charge in [0.15, 0.2) is 0 Å². The van der Waals surface area contributed by atoms with Gasteiger partial charge in [0.05, 0.1) is 11.3 Å². The Morgan fingerprint density at radius 3 is 2.37 bits per heavy atom. The van der Waals surface area contributed by atoms with Gasteiger partial charge in [-0.25, -0.2) is 9.69 Å². The molecule has 1 aliphatic rings. The minimum Gasteiger partial charge on any atom is -0.406 e. The van der Waals surface area contributed by atoms with Crippen LogP contribution >= 0.6 is 0 Å². The maximum absolute atomic E-state index is 13.0. The van der Waals surface area contributed by atoms with Gasteiger partial charge in [0.25, 0.3) is 11.8 Å². The third-order valence-electron chi connectivity index (χ3n) is 4.66. The number of imide groups is 1. The molecular formula is C19H17F3N4O4. The lowest BCUT2D eigenvalue weighted by Gasteiger charge is -2.28. The number of alkyl halides is 3. The van der Waals surface area contributed by atoms with E-state index >= 15 is 0 Å². The SMILES string of the molecule is CC1(C)C(=O)N(c2ccc(OC(F)(F)F)cc2)C(=O)N1Cc1ccncc1C(N)=O. The molecule has 30 heavy (non-hydrogen) atoms. The summed E-state index contributed by atoms with van der Waals surface area (Å²) in [4.78, 5) is 43.5. The lowest BCUT2D eigenvalue weighted by molar-refractivity contribution is -0.274. The van der Waals surface area contributed by atoms with Crippen molar-refractivity contribution in [3.63, 3.8) is 0 Å². The van der Waals surface area contributed by atoms with E-state index in [9.17, 15) is 27.6 Å². The molecule has 8 nitrogen and oxygen atoms in total. The first-order valence-corrected chi connectivity index (χ1v) is 8.66. The molecule has 0 aliphatic carbocycles. The molecule has 0 spiro atoms. The Balaban J connectivity index is 1.90. The molecule has 2 N–H and O–H groups in total. The van der Waals surface area contributed by atoms with Gasteiger partial charge in [-0.05, 0) is 49.7 Å². The molecular weight excluding hydrogens is 405 g/mol. The number of anilines is 1. The molecule has 1 aromatic heterocycles. The normalized spacial score (nSPS) is 16.2. The van der Waals surface area contributed by atoms with Crippen LogP contribution in [0.25, 0.3) is 0 Å². The summed E-state index contributed by atoms with van der Waals surface area (Å²) < 4.78 is 40.8. The fourth-order valence-electron chi connectivity index (χ4n) is 3.08. The number of nitrogens with zero attached hydrogens (tertiary/aromatic N) is 3. The molecule has 3 rings (SSSR count). The summed E-state index contributed by atoms with van der Waals surface area (Å²) >= 11 is 0. The highest BCUT2D eigenvalue weighted by Gasteiger charge is 2.52. The summed E-state index contributed by atoms with van der Waals surface area (Å²) in [5.74, 6) is -1.79. The minimum atomic E-state index is -4.86. The van der Waals surface area contributed by atoms with Gasteiger partial charge in [-0.15, -0.1) is 13.2 Å². The Kier molecular flexibility index (Phi) is 5.15. The van der Waals surface area contributed by atoms with Crippen molar-refractivity contribution in [1.82, 2.24) is 9.88 Å². The molecule has 1 aliphatic heterocycles. The zero-order chi connectivity index (χ0) is 22.3. The predicted octanol–water partition coefficient (Wildman–Crippen LogP) is 2.83. The van der Waals surface area contributed by atoms with Crippen molar-refractivity contribution in [3.05, 3.63) is 53.9 Å². The topological polar surface area (TPSA) is 106 Å². The van der Waals surface area contributed by atoms with Gasteiger partial charge in [-0.3, -0.25) is 14.6 Å². The van der Waals surface area contributed by atoms with E-state index in [1.54, 1.807) is 0 Å².